The summed E-state index contributed by atoms with van der Waals surface area (Å²) in [5.41, 5.74) is 0. The maximum Gasteiger partial charge on any atom is 0.305 e. The summed E-state index contributed by atoms with van der Waals surface area (Å²) in [5, 5.41) is 8.12. The van der Waals surface area contributed by atoms with Crippen molar-refractivity contribution in [3.63, 3.8) is 0 Å². The Morgan fingerprint density at radius 3 is 2.67 bits per heavy atom. The van der Waals surface area contributed by atoms with E-state index in [1.165, 1.54) is 11.9 Å². The van der Waals surface area contributed by atoms with E-state index in [1.54, 1.807) is 0 Å². The summed E-state index contributed by atoms with van der Waals surface area (Å²) in [6.45, 7) is 0.277. The normalized spacial score (nSPS) is 8.56. The van der Waals surface area contributed by atoms with Gasteiger partial charge in [-0.1, -0.05) is 0 Å². The van der Waals surface area contributed by atoms with E-state index >= 15 is 0 Å². The fraction of sp³-hybridized carbons (Fsp3) is 0.600. The number of hydrogen-bond acceptors (Lipinski definition) is 2. The molecule has 4 nitrogen and oxygen atoms in total. The Labute approximate surface area is 53.1 Å². The van der Waals surface area contributed by atoms with E-state index in [0.29, 0.717) is 6.41 Å². The molecule has 0 aromatic rings. The topological polar surface area (TPSA) is 57.6 Å². The maximum absolute atomic E-state index is 9.88. The molecule has 0 unspecified atom stereocenters. The van der Waals surface area contributed by atoms with E-state index in [4.69, 9.17) is 5.11 Å². The van der Waals surface area contributed by atoms with E-state index < -0.39 is 5.97 Å². The summed E-state index contributed by atoms with van der Waals surface area (Å²) in [7, 11) is 1.54. The Morgan fingerprint density at radius 2 is 2.33 bits per heavy atom. The summed E-state index contributed by atoms with van der Waals surface area (Å²) in [6, 6.07) is 0. The van der Waals surface area contributed by atoms with Crippen LogP contribution in [0.15, 0.2) is 0 Å². The molecule has 0 aliphatic rings. The van der Waals surface area contributed by atoms with Gasteiger partial charge in [0.25, 0.3) is 0 Å². The molecule has 1 N–H and O–H groups in total. The van der Waals surface area contributed by atoms with Crippen LogP contribution in [0.2, 0.25) is 0 Å². The summed E-state index contributed by atoms with van der Waals surface area (Å²) >= 11 is 0. The lowest BCUT2D eigenvalue weighted by Crippen LogP contribution is -2.19. The van der Waals surface area contributed by atoms with Gasteiger partial charge < -0.3 is 10.0 Å². The first-order valence-electron chi connectivity index (χ1n) is 2.54. The Balaban J connectivity index is 3.26. The smallest absolute Gasteiger partial charge is 0.305 e. The highest BCUT2D eigenvalue weighted by molar-refractivity contribution is 5.67. The minimum atomic E-state index is -0.885. The molecule has 0 aromatic heterocycles. The second-order valence-electron chi connectivity index (χ2n) is 1.73. The molecule has 0 rings (SSSR count). The number of carbonyl (C=O) groups is 2. The van der Waals surface area contributed by atoms with Crippen LogP contribution in [-0.2, 0) is 9.59 Å². The number of hydrogen-bond donors (Lipinski definition) is 1. The summed E-state index contributed by atoms with van der Waals surface area (Å²) in [5.74, 6) is -0.885. The number of rotatable bonds is 4. The number of carbonyl (C=O) groups excluding carboxylic acids is 1. The molecule has 0 atom stereocenters. The van der Waals surface area contributed by atoms with Crippen LogP contribution in [0.3, 0.4) is 0 Å². The second-order valence-corrected chi connectivity index (χ2v) is 1.73. The first kappa shape index (κ1) is 7.94. The number of carboxylic acids is 1. The van der Waals surface area contributed by atoms with Gasteiger partial charge in [0, 0.05) is 13.6 Å². The molecule has 0 aromatic carbocycles. The standard InChI is InChI=1S/C5H9NO3/c1-6(4-7)3-2-5(8)9/h4H,2-3H2,1H3,(H,8,9). The number of nitrogens with zero attached hydrogens (tertiary/aromatic N) is 1. The van der Waals surface area contributed by atoms with Gasteiger partial charge >= 0.3 is 5.97 Å². The van der Waals surface area contributed by atoms with E-state index in [9.17, 15) is 9.59 Å². The molecule has 0 aliphatic carbocycles. The SMILES string of the molecule is CN(C=O)CCC(=O)O. The maximum atomic E-state index is 9.88. The largest absolute Gasteiger partial charge is 0.481 e. The van der Waals surface area contributed by atoms with Crippen molar-refractivity contribution in [2.24, 2.45) is 0 Å². The molecule has 52 valence electrons. The first-order valence-corrected chi connectivity index (χ1v) is 2.54. The van der Waals surface area contributed by atoms with Crippen LogP contribution in [0.25, 0.3) is 0 Å². The zero-order valence-corrected chi connectivity index (χ0v) is 5.20. The molecule has 0 saturated carbocycles. The molecule has 0 spiro atoms. The van der Waals surface area contributed by atoms with Gasteiger partial charge in [0.1, 0.15) is 0 Å². The Bertz CT molecular complexity index is 113. The third-order valence-corrected chi connectivity index (χ3v) is 0.858. The predicted molar refractivity (Wildman–Crippen MR) is 30.9 cm³/mol. The molecule has 0 fully saturated rings. The van der Waals surface area contributed by atoms with E-state index in [1.807, 2.05) is 0 Å². The minimum Gasteiger partial charge on any atom is -0.481 e. The minimum absolute atomic E-state index is 0.00917. The molecular weight excluding hydrogens is 122 g/mol. The molecule has 0 saturated heterocycles. The molecule has 0 heterocycles. The highest BCUT2D eigenvalue weighted by Crippen LogP contribution is 1.81. The number of aliphatic carboxylic acids is 1. The van der Waals surface area contributed by atoms with Crippen molar-refractivity contribution in [1.29, 1.82) is 0 Å². The summed E-state index contributed by atoms with van der Waals surface area (Å²) in [4.78, 5) is 21.0. The van der Waals surface area contributed by atoms with Crippen LogP contribution in [0.5, 0.6) is 0 Å². The molecular formula is C5H9NO3. The lowest BCUT2D eigenvalue weighted by molar-refractivity contribution is -0.137. The summed E-state index contributed by atoms with van der Waals surface area (Å²) < 4.78 is 0. The zero-order chi connectivity index (χ0) is 7.28. The molecule has 1 amide bonds. The van der Waals surface area contributed by atoms with Gasteiger partial charge in [-0.05, 0) is 0 Å². The van der Waals surface area contributed by atoms with Crippen molar-refractivity contribution in [2.75, 3.05) is 13.6 Å². The van der Waals surface area contributed by atoms with Crippen molar-refractivity contribution in [3.8, 4) is 0 Å². The summed E-state index contributed by atoms with van der Waals surface area (Å²) in [6.07, 6.45) is 0.609. The predicted octanol–water partition coefficient (Wildman–Crippen LogP) is -0.451. The number of amides is 1. The zero-order valence-electron chi connectivity index (χ0n) is 5.20. The van der Waals surface area contributed by atoms with Crippen LogP contribution in [0, 0.1) is 0 Å². The van der Waals surface area contributed by atoms with E-state index in [2.05, 4.69) is 0 Å². The van der Waals surface area contributed by atoms with E-state index in [-0.39, 0.29) is 13.0 Å². The Morgan fingerprint density at radius 1 is 1.78 bits per heavy atom. The molecule has 0 aliphatic heterocycles. The lowest BCUT2D eigenvalue weighted by atomic mass is 10.4. The van der Waals surface area contributed by atoms with Gasteiger partial charge in [0.05, 0.1) is 6.42 Å². The lowest BCUT2D eigenvalue weighted by Gasteiger charge is -2.06. The van der Waals surface area contributed by atoms with Crippen molar-refractivity contribution < 1.29 is 14.7 Å². The first-order chi connectivity index (χ1) is 4.16. The van der Waals surface area contributed by atoms with Crippen molar-refractivity contribution in [3.05, 3.63) is 0 Å². The van der Waals surface area contributed by atoms with Crippen molar-refractivity contribution in [1.82, 2.24) is 4.90 Å². The highest BCUT2D eigenvalue weighted by atomic mass is 16.4. The van der Waals surface area contributed by atoms with Crippen molar-refractivity contribution >= 4 is 12.4 Å². The molecule has 0 radical (unpaired) electrons. The van der Waals surface area contributed by atoms with Crippen LogP contribution in [0.1, 0.15) is 6.42 Å². The second kappa shape index (κ2) is 3.88. The monoisotopic (exact) mass is 131 g/mol. The van der Waals surface area contributed by atoms with Gasteiger partial charge in [-0.2, -0.15) is 0 Å². The fourth-order valence-corrected chi connectivity index (χ4v) is 0.325. The van der Waals surface area contributed by atoms with Gasteiger partial charge in [0.15, 0.2) is 0 Å². The fourth-order valence-electron chi connectivity index (χ4n) is 0.325. The van der Waals surface area contributed by atoms with Crippen LogP contribution in [-0.4, -0.2) is 36.0 Å². The highest BCUT2D eigenvalue weighted by Gasteiger charge is 1.97. The average Bonchev–Trinajstić information content (AvgIpc) is 1.83. The quantitative estimate of drug-likeness (QED) is 0.526. The number of carboxylic acid groups (broad SMARTS) is 1. The van der Waals surface area contributed by atoms with Gasteiger partial charge in [-0.25, -0.2) is 0 Å². The van der Waals surface area contributed by atoms with Gasteiger partial charge in [0.2, 0.25) is 6.41 Å². The average molecular weight is 131 g/mol. The van der Waals surface area contributed by atoms with Crippen LogP contribution < -0.4 is 0 Å². The van der Waals surface area contributed by atoms with Gasteiger partial charge in [-0.3, -0.25) is 9.59 Å². The third-order valence-electron chi connectivity index (χ3n) is 0.858. The molecule has 0 bridgehead atoms. The molecule has 4 heteroatoms. The van der Waals surface area contributed by atoms with Crippen LogP contribution >= 0.6 is 0 Å². The van der Waals surface area contributed by atoms with Crippen molar-refractivity contribution in [2.45, 2.75) is 6.42 Å². The molecule has 9 heavy (non-hydrogen) atoms. The van der Waals surface area contributed by atoms with E-state index in [0.717, 1.165) is 0 Å². The Kier molecular flexibility index (Phi) is 3.43. The third kappa shape index (κ3) is 4.80. The van der Waals surface area contributed by atoms with Gasteiger partial charge in [-0.15, -0.1) is 0 Å². The Hall–Kier alpha value is -1.06. The van der Waals surface area contributed by atoms with Crippen LogP contribution in [0.4, 0.5) is 0 Å².